The fraction of sp³-hybridized carbons (Fsp3) is 0.438. The number of hydrogen-bond acceptors (Lipinski definition) is 1. The minimum atomic E-state index is 0.0666. The monoisotopic (exact) mass is 276 g/mol. The lowest BCUT2D eigenvalue weighted by molar-refractivity contribution is 0.590. The second-order valence-electron chi connectivity index (χ2n) is 6.27. The number of benzene rings is 1. The largest absolute Gasteiger partial charge is 0.267 e. The van der Waals surface area contributed by atoms with Crippen LogP contribution in [0.5, 0.6) is 0 Å². The first-order valence-corrected chi connectivity index (χ1v) is 6.88. The number of halogens is 1. The highest BCUT2D eigenvalue weighted by atomic mass is 35.5. The molecule has 1 heterocycles. The molecule has 2 nitrogen and oxygen atoms in total. The summed E-state index contributed by atoms with van der Waals surface area (Å²) in [5, 5.41) is 6.48. The summed E-state index contributed by atoms with van der Waals surface area (Å²) in [7, 11) is 1.98. The van der Waals surface area contributed by atoms with Crippen LogP contribution in [-0.2, 0) is 18.9 Å². The summed E-state index contributed by atoms with van der Waals surface area (Å²) in [6.45, 7) is 12.6. The smallest absolute Gasteiger partial charge is 0.0758 e. The summed E-state index contributed by atoms with van der Waals surface area (Å²) in [6, 6.07) is 4.09. The van der Waals surface area contributed by atoms with E-state index in [0.717, 1.165) is 33.6 Å². The van der Waals surface area contributed by atoms with Crippen LogP contribution in [0, 0.1) is 0 Å². The van der Waals surface area contributed by atoms with Crippen molar-refractivity contribution in [2.24, 2.45) is 7.05 Å². The highest BCUT2D eigenvalue weighted by Gasteiger charge is 2.22. The van der Waals surface area contributed by atoms with E-state index in [1.165, 1.54) is 5.56 Å². The molecule has 0 unspecified atom stereocenters. The van der Waals surface area contributed by atoms with Crippen LogP contribution in [0.4, 0.5) is 0 Å². The van der Waals surface area contributed by atoms with E-state index in [0.29, 0.717) is 0 Å². The van der Waals surface area contributed by atoms with Crippen molar-refractivity contribution >= 4 is 22.5 Å². The zero-order valence-corrected chi connectivity index (χ0v) is 13.1. The van der Waals surface area contributed by atoms with Gasteiger partial charge >= 0.3 is 0 Å². The van der Waals surface area contributed by atoms with Crippen LogP contribution in [-0.4, -0.2) is 9.78 Å². The molecular weight excluding hydrogens is 256 g/mol. The Bertz CT molecular complexity index is 645. The van der Waals surface area contributed by atoms with E-state index < -0.39 is 0 Å². The molecule has 3 heteroatoms. The van der Waals surface area contributed by atoms with Crippen LogP contribution in [0.1, 0.15) is 39.0 Å². The molecule has 0 radical (unpaired) electrons. The van der Waals surface area contributed by atoms with Crippen LogP contribution < -0.4 is 0 Å². The first-order chi connectivity index (χ1) is 8.71. The van der Waals surface area contributed by atoms with Crippen LogP contribution in [0.15, 0.2) is 24.3 Å². The Balaban J connectivity index is 2.81. The third-order valence-corrected chi connectivity index (χ3v) is 3.60. The molecule has 1 aromatic heterocycles. The lowest BCUT2D eigenvalue weighted by Gasteiger charge is -2.21. The molecule has 0 saturated heterocycles. The maximum atomic E-state index is 6.40. The Kier molecular flexibility index (Phi) is 3.48. The molecule has 102 valence electrons. The topological polar surface area (TPSA) is 17.8 Å². The number of fused-ring (bicyclic) bond motifs is 1. The molecule has 1 aromatic carbocycles. The highest BCUT2D eigenvalue weighted by molar-refractivity contribution is 6.35. The lowest BCUT2D eigenvalue weighted by Crippen LogP contribution is -2.13. The highest BCUT2D eigenvalue weighted by Crippen LogP contribution is 2.35. The molecule has 2 rings (SSSR count). The Morgan fingerprint density at radius 3 is 2.53 bits per heavy atom. The Hall–Kier alpha value is -1.28. The fourth-order valence-electron chi connectivity index (χ4n) is 2.47. The van der Waals surface area contributed by atoms with Gasteiger partial charge < -0.3 is 0 Å². The molecule has 0 saturated carbocycles. The van der Waals surface area contributed by atoms with E-state index in [4.69, 9.17) is 11.6 Å². The summed E-state index contributed by atoms with van der Waals surface area (Å²) in [5.74, 6) is 0. The third kappa shape index (κ3) is 2.55. The van der Waals surface area contributed by atoms with E-state index >= 15 is 0 Å². The average Bonchev–Trinajstić information content (AvgIpc) is 2.54. The summed E-state index contributed by atoms with van der Waals surface area (Å²) < 4.78 is 1.94. The van der Waals surface area contributed by atoms with E-state index in [9.17, 15) is 0 Å². The van der Waals surface area contributed by atoms with Gasteiger partial charge in [0.1, 0.15) is 0 Å². The summed E-state index contributed by atoms with van der Waals surface area (Å²) in [6.07, 6.45) is 0.769. The van der Waals surface area contributed by atoms with Crippen molar-refractivity contribution in [1.29, 1.82) is 0 Å². The van der Waals surface area contributed by atoms with E-state index in [-0.39, 0.29) is 5.41 Å². The average molecular weight is 277 g/mol. The molecule has 0 bridgehead atoms. The van der Waals surface area contributed by atoms with Crippen molar-refractivity contribution in [3.05, 3.63) is 40.6 Å². The van der Waals surface area contributed by atoms with Crippen LogP contribution in [0.3, 0.4) is 0 Å². The molecule has 0 amide bonds. The molecule has 0 spiro atoms. The Morgan fingerprint density at radius 1 is 1.37 bits per heavy atom. The van der Waals surface area contributed by atoms with E-state index in [1.54, 1.807) is 0 Å². The number of aryl methyl sites for hydroxylation is 1. The van der Waals surface area contributed by atoms with Gasteiger partial charge in [-0.3, -0.25) is 4.68 Å². The minimum absolute atomic E-state index is 0.0666. The Morgan fingerprint density at radius 2 is 2.00 bits per heavy atom. The number of rotatable bonds is 2. The number of allylic oxidation sites excluding steroid dienone is 1. The molecule has 19 heavy (non-hydrogen) atoms. The summed E-state index contributed by atoms with van der Waals surface area (Å²) in [4.78, 5) is 0. The van der Waals surface area contributed by atoms with Crippen molar-refractivity contribution in [3.8, 4) is 0 Å². The first-order valence-electron chi connectivity index (χ1n) is 6.50. The van der Waals surface area contributed by atoms with Crippen molar-refractivity contribution < 1.29 is 0 Å². The predicted molar refractivity (Wildman–Crippen MR) is 82.9 cm³/mol. The van der Waals surface area contributed by atoms with Crippen molar-refractivity contribution in [3.63, 3.8) is 0 Å². The van der Waals surface area contributed by atoms with E-state index in [1.807, 2.05) is 24.7 Å². The van der Waals surface area contributed by atoms with Crippen molar-refractivity contribution in [2.45, 2.75) is 39.5 Å². The summed E-state index contributed by atoms with van der Waals surface area (Å²) >= 11 is 6.40. The minimum Gasteiger partial charge on any atom is -0.267 e. The van der Waals surface area contributed by atoms with Gasteiger partial charge in [0.05, 0.1) is 16.2 Å². The second-order valence-corrected chi connectivity index (χ2v) is 6.68. The standard InChI is InChI=1S/C16H21ClN2/c1-10(2)9-13-14-12(17)8-7-11(16(3,4)5)15(14)19(6)18-13/h7-8H,1,9H2,2-6H3. The SMILES string of the molecule is C=C(C)Cc1nn(C)c2c(C(C)(C)C)ccc(Cl)c12. The van der Waals surface area contributed by atoms with Crippen LogP contribution >= 0.6 is 11.6 Å². The molecule has 0 atom stereocenters. The number of aromatic nitrogens is 2. The number of hydrogen-bond donors (Lipinski definition) is 0. The molecule has 0 fully saturated rings. The van der Waals surface area contributed by atoms with Gasteiger partial charge in [0.2, 0.25) is 0 Å². The van der Waals surface area contributed by atoms with Gasteiger partial charge in [-0.05, 0) is 24.0 Å². The zero-order chi connectivity index (χ0) is 14.4. The maximum Gasteiger partial charge on any atom is 0.0758 e. The molecule has 0 aliphatic heterocycles. The van der Waals surface area contributed by atoms with Gasteiger partial charge in [0.25, 0.3) is 0 Å². The normalized spacial score (nSPS) is 12.1. The van der Waals surface area contributed by atoms with Crippen LogP contribution in [0.25, 0.3) is 10.9 Å². The molecular formula is C16H21ClN2. The van der Waals surface area contributed by atoms with E-state index in [2.05, 4.69) is 38.5 Å². The van der Waals surface area contributed by atoms with Gasteiger partial charge in [0, 0.05) is 18.9 Å². The zero-order valence-electron chi connectivity index (χ0n) is 12.3. The van der Waals surface area contributed by atoms with Gasteiger partial charge in [-0.15, -0.1) is 0 Å². The molecule has 0 N–H and O–H groups in total. The molecule has 2 aromatic rings. The van der Waals surface area contributed by atoms with Gasteiger partial charge in [-0.25, -0.2) is 0 Å². The van der Waals surface area contributed by atoms with Crippen molar-refractivity contribution in [1.82, 2.24) is 9.78 Å². The molecule has 0 aliphatic rings. The third-order valence-electron chi connectivity index (χ3n) is 3.29. The number of nitrogens with zero attached hydrogens (tertiary/aromatic N) is 2. The molecule has 0 aliphatic carbocycles. The van der Waals surface area contributed by atoms with Crippen molar-refractivity contribution in [2.75, 3.05) is 0 Å². The van der Waals surface area contributed by atoms with Crippen LogP contribution in [0.2, 0.25) is 5.02 Å². The fourth-order valence-corrected chi connectivity index (χ4v) is 2.73. The Labute approximate surface area is 120 Å². The quantitative estimate of drug-likeness (QED) is 0.731. The van der Waals surface area contributed by atoms with Gasteiger partial charge in [-0.2, -0.15) is 5.10 Å². The predicted octanol–water partition coefficient (Wildman–Crippen LogP) is 4.64. The van der Waals surface area contributed by atoms with Gasteiger partial charge in [-0.1, -0.05) is 50.6 Å². The summed E-state index contributed by atoms with van der Waals surface area (Å²) in [5.41, 5.74) is 4.58. The lowest BCUT2D eigenvalue weighted by atomic mass is 9.85. The maximum absolute atomic E-state index is 6.40. The van der Waals surface area contributed by atoms with Gasteiger partial charge in [0.15, 0.2) is 0 Å². The second kappa shape index (κ2) is 4.68. The first kappa shape index (κ1) is 14.1.